The largest absolute Gasteiger partial charge is 0.326 e. The smallest absolute Gasteiger partial charge is 0.261 e. The zero-order chi connectivity index (χ0) is 28.2. The lowest BCUT2D eigenvalue weighted by Crippen LogP contribution is -2.25. The number of nitrogens with one attached hydrogen (secondary N) is 2. The van der Waals surface area contributed by atoms with Gasteiger partial charge in [0.1, 0.15) is 5.82 Å². The minimum Gasteiger partial charge on any atom is -0.326 e. The van der Waals surface area contributed by atoms with Gasteiger partial charge < -0.3 is 20.4 Å². The minimum absolute atomic E-state index is 0. The molecule has 238 valence electrons. The van der Waals surface area contributed by atoms with E-state index in [1.165, 1.54) is 25.7 Å². The van der Waals surface area contributed by atoms with E-state index >= 15 is 0 Å². The van der Waals surface area contributed by atoms with E-state index in [2.05, 4.69) is 26.5 Å². The maximum Gasteiger partial charge on any atom is 0.261 e. The van der Waals surface area contributed by atoms with E-state index in [1.54, 1.807) is 22.8 Å². The molecule has 1 aromatic heterocycles. The number of hydrogen-bond acceptors (Lipinski definition) is 6. The Morgan fingerprint density at radius 2 is 1.30 bits per heavy atom. The second kappa shape index (κ2) is 16.4. The third kappa shape index (κ3) is 8.61. The Balaban J connectivity index is 0.00000176. The number of aromatic nitrogens is 2. The summed E-state index contributed by atoms with van der Waals surface area (Å²) < 4.78 is 1.73. The second-order valence-electron chi connectivity index (χ2n) is 11.4. The Bertz CT molecular complexity index is 1530. The van der Waals surface area contributed by atoms with Crippen molar-refractivity contribution in [3.8, 4) is 0 Å². The van der Waals surface area contributed by atoms with Crippen molar-refractivity contribution in [2.24, 2.45) is 0 Å². The lowest BCUT2D eigenvalue weighted by Gasteiger charge is -2.14. The van der Waals surface area contributed by atoms with Gasteiger partial charge in [0.15, 0.2) is 0 Å². The molecule has 2 amide bonds. The Morgan fingerprint density at radius 3 is 1.89 bits per heavy atom. The SMILES string of the molecule is Cl.Cl.Cl.O=C(CCN1CCCC1)Nc1ccc(/C=C2\CCn3c2nc2cc(NC(=O)CCN4CCCC4)ccc2c3=O)cc1. The van der Waals surface area contributed by atoms with E-state index in [-0.39, 0.29) is 54.6 Å². The third-order valence-corrected chi connectivity index (χ3v) is 8.37. The van der Waals surface area contributed by atoms with Crippen LogP contribution in [0.3, 0.4) is 0 Å². The predicted octanol–water partition coefficient (Wildman–Crippen LogP) is 5.46. The quantitative estimate of drug-likeness (QED) is 0.316. The van der Waals surface area contributed by atoms with Crippen molar-refractivity contribution in [2.75, 3.05) is 49.9 Å². The Hall–Kier alpha value is -2.95. The summed E-state index contributed by atoms with van der Waals surface area (Å²) in [5.41, 5.74) is 3.93. The van der Waals surface area contributed by atoms with Gasteiger partial charge in [-0.3, -0.25) is 19.0 Å². The topological polar surface area (TPSA) is 99.6 Å². The molecule has 44 heavy (non-hydrogen) atoms. The van der Waals surface area contributed by atoms with Crippen LogP contribution in [0.25, 0.3) is 22.6 Å². The van der Waals surface area contributed by atoms with Crippen LogP contribution in [0.1, 0.15) is 56.3 Å². The number of carbonyl (C=O) groups excluding carboxylic acids is 2. The number of halogens is 3. The first kappa shape index (κ1) is 35.5. The monoisotopic (exact) mass is 662 g/mol. The molecule has 0 unspecified atom stereocenters. The first-order chi connectivity index (χ1) is 20.0. The Kier molecular flexibility index (Phi) is 13.2. The zero-order valence-electron chi connectivity index (χ0n) is 24.8. The Labute approximate surface area is 276 Å². The summed E-state index contributed by atoms with van der Waals surface area (Å²) >= 11 is 0. The number of carbonyl (C=O) groups is 2. The normalized spacial score (nSPS) is 17.0. The van der Waals surface area contributed by atoms with Gasteiger partial charge in [-0.15, -0.1) is 37.2 Å². The van der Waals surface area contributed by atoms with Crippen molar-refractivity contribution >= 4 is 83.0 Å². The van der Waals surface area contributed by atoms with Gasteiger partial charge in [0.2, 0.25) is 11.8 Å². The highest BCUT2D eigenvalue weighted by Gasteiger charge is 2.21. The summed E-state index contributed by atoms with van der Waals surface area (Å²) in [6.45, 7) is 6.48. The fourth-order valence-corrected chi connectivity index (χ4v) is 6.07. The van der Waals surface area contributed by atoms with Crippen molar-refractivity contribution in [3.05, 3.63) is 64.2 Å². The molecular weight excluding hydrogens is 623 g/mol. The molecule has 3 aliphatic rings. The maximum atomic E-state index is 13.2. The van der Waals surface area contributed by atoms with Crippen LogP contribution >= 0.6 is 37.2 Å². The second-order valence-corrected chi connectivity index (χ2v) is 11.4. The van der Waals surface area contributed by atoms with Crippen LogP contribution in [-0.4, -0.2) is 70.4 Å². The first-order valence-electron chi connectivity index (χ1n) is 14.9. The first-order valence-corrected chi connectivity index (χ1v) is 14.9. The number of amides is 2. The molecule has 3 aromatic rings. The number of fused-ring (bicyclic) bond motifs is 2. The Morgan fingerprint density at radius 1 is 0.750 bits per heavy atom. The average Bonchev–Trinajstić information content (AvgIpc) is 3.75. The van der Waals surface area contributed by atoms with Gasteiger partial charge in [0.05, 0.1) is 10.9 Å². The van der Waals surface area contributed by atoms with Gasteiger partial charge in [0.25, 0.3) is 5.56 Å². The van der Waals surface area contributed by atoms with E-state index in [0.717, 1.165) is 56.1 Å². The third-order valence-electron chi connectivity index (χ3n) is 8.37. The fourth-order valence-electron chi connectivity index (χ4n) is 6.07. The molecular formula is C32H41Cl3N6O3. The van der Waals surface area contributed by atoms with Gasteiger partial charge in [-0.1, -0.05) is 12.1 Å². The molecule has 0 saturated carbocycles. The lowest BCUT2D eigenvalue weighted by molar-refractivity contribution is -0.117. The molecule has 0 aliphatic carbocycles. The molecule has 6 rings (SSSR count). The molecule has 3 aliphatic heterocycles. The maximum absolute atomic E-state index is 13.2. The van der Waals surface area contributed by atoms with Gasteiger partial charge in [0, 0.05) is 43.9 Å². The highest BCUT2D eigenvalue weighted by Crippen LogP contribution is 2.28. The highest BCUT2D eigenvalue weighted by atomic mass is 35.5. The highest BCUT2D eigenvalue weighted by molar-refractivity contribution is 5.94. The van der Waals surface area contributed by atoms with E-state index in [9.17, 15) is 14.4 Å². The van der Waals surface area contributed by atoms with E-state index in [4.69, 9.17) is 4.98 Å². The number of hydrogen-bond donors (Lipinski definition) is 2. The standard InChI is InChI=1S/C32H38N6O3.3ClH/c39-29(12-18-36-14-1-2-15-36)33-25-7-5-23(6-8-25)21-24-11-20-38-31(24)35-28-22-26(9-10-27(28)32(38)41)34-30(40)13-19-37-16-3-4-17-37;;;/h5-10,21-22H,1-4,11-20H2,(H,33,39)(H,34,40);3*1H/b24-21+;;;. The van der Waals surface area contributed by atoms with E-state index < -0.39 is 0 Å². The molecule has 9 nitrogen and oxygen atoms in total. The van der Waals surface area contributed by atoms with Crippen LogP contribution in [0.5, 0.6) is 0 Å². The van der Waals surface area contributed by atoms with Crippen LogP contribution in [0.4, 0.5) is 11.4 Å². The summed E-state index contributed by atoms with van der Waals surface area (Å²) in [6, 6.07) is 13.1. The molecule has 2 N–H and O–H groups in total. The molecule has 0 spiro atoms. The number of rotatable bonds is 9. The molecule has 2 aromatic carbocycles. The van der Waals surface area contributed by atoms with Crippen molar-refractivity contribution in [1.29, 1.82) is 0 Å². The molecule has 4 heterocycles. The molecule has 0 bridgehead atoms. The van der Waals surface area contributed by atoms with Gasteiger partial charge in [-0.25, -0.2) is 4.98 Å². The molecule has 2 saturated heterocycles. The average molecular weight is 664 g/mol. The van der Waals surface area contributed by atoms with Crippen molar-refractivity contribution in [1.82, 2.24) is 19.4 Å². The molecule has 0 radical (unpaired) electrons. The van der Waals surface area contributed by atoms with Crippen LogP contribution in [0.2, 0.25) is 0 Å². The van der Waals surface area contributed by atoms with E-state index in [0.29, 0.717) is 48.2 Å². The number of benzene rings is 2. The van der Waals surface area contributed by atoms with Crippen LogP contribution in [0.15, 0.2) is 47.3 Å². The number of anilines is 2. The van der Waals surface area contributed by atoms with Gasteiger partial charge >= 0.3 is 0 Å². The summed E-state index contributed by atoms with van der Waals surface area (Å²) in [5.74, 6) is 0.672. The minimum atomic E-state index is -0.0627. The molecule has 2 fully saturated rings. The van der Waals surface area contributed by atoms with Crippen molar-refractivity contribution in [2.45, 2.75) is 51.5 Å². The van der Waals surface area contributed by atoms with Crippen LogP contribution in [-0.2, 0) is 16.1 Å². The summed E-state index contributed by atoms with van der Waals surface area (Å²) in [4.78, 5) is 47.6. The number of allylic oxidation sites excluding steroid dienone is 1. The van der Waals surface area contributed by atoms with Gasteiger partial charge in [-0.2, -0.15) is 0 Å². The number of likely N-dealkylation sites (tertiary alicyclic amines) is 2. The van der Waals surface area contributed by atoms with Crippen molar-refractivity contribution in [3.63, 3.8) is 0 Å². The van der Waals surface area contributed by atoms with Crippen LogP contribution < -0.4 is 16.2 Å². The zero-order valence-corrected chi connectivity index (χ0v) is 27.2. The number of nitrogens with zero attached hydrogens (tertiary/aromatic N) is 4. The molecule has 12 heteroatoms. The summed E-state index contributed by atoms with van der Waals surface area (Å²) in [5, 5.41) is 6.52. The lowest BCUT2D eigenvalue weighted by atomic mass is 10.1. The predicted molar refractivity (Wildman–Crippen MR) is 185 cm³/mol. The van der Waals surface area contributed by atoms with Gasteiger partial charge in [-0.05, 0) is 106 Å². The fraction of sp³-hybridized carbons (Fsp3) is 0.438. The summed E-state index contributed by atoms with van der Waals surface area (Å²) in [7, 11) is 0. The van der Waals surface area contributed by atoms with Crippen LogP contribution in [0, 0.1) is 0 Å². The van der Waals surface area contributed by atoms with Crippen molar-refractivity contribution < 1.29 is 9.59 Å². The molecule has 0 atom stereocenters. The van der Waals surface area contributed by atoms with E-state index in [1.807, 2.05) is 24.3 Å². The summed E-state index contributed by atoms with van der Waals surface area (Å²) in [6.07, 6.45) is 8.58.